The molecule has 1 aliphatic carbocycles. The van der Waals surface area contributed by atoms with Crippen molar-refractivity contribution in [2.24, 2.45) is 5.92 Å². The highest BCUT2D eigenvalue weighted by molar-refractivity contribution is 6.32. The van der Waals surface area contributed by atoms with E-state index in [4.69, 9.17) is 11.6 Å². The molecule has 1 saturated carbocycles. The number of allylic oxidation sites excluding steroid dienone is 1. The maximum absolute atomic E-state index is 12.0. The first kappa shape index (κ1) is 13.2. The van der Waals surface area contributed by atoms with E-state index in [-0.39, 0.29) is 17.5 Å². The zero-order valence-electron chi connectivity index (χ0n) is 10.2. The second-order valence-corrected chi connectivity index (χ2v) is 5.15. The summed E-state index contributed by atoms with van der Waals surface area (Å²) in [6, 6.07) is 4.95. The molecular weight excluding hydrogens is 248 g/mol. The zero-order valence-corrected chi connectivity index (χ0v) is 11.0. The summed E-state index contributed by atoms with van der Waals surface area (Å²) in [5, 5.41) is 10.1. The third-order valence-corrected chi connectivity index (χ3v) is 3.78. The number of hydrogen-bond acceptors (Lipinski definition) is 2. The molecule has 96 valence electrons. The van der Waals surface area contributed by atoms with Gasteiger partial charge in [0.05, 0.1) is 5.02 Å². The fraction of sp³-hybridized carbons (Fsp3) is 0.400. The predicted molar refractivity (Wildman–Crippen MR) is 73.7 cm³/mol. The minimum atomic E-state index is 0.107. The van der Waals surface area contributed by atoms with E-state index in [0.29, 0.717) is 10.6 Å². The van der Waals surface area contributed by atoms with Crippen LogP contribution in [0.15, 0.2) is 24.3 Å². The molecule has 0 aliphatic heterocycles. The number of ketones is 1. The van der Waals surface area contributed by atoms with Gasteiger partial charge in [-0.2, -0.15) is 0 Å². The van der Waals surface area contributed by atoms with Gasteiger partial charge in [0.1, 0.15) is 5.75 Å². The number of phenols is 1. The second kappa shape index (κ2) is 6.05. The Labute approximate surface area is 112 Å². The molecule has 0 amide bonds. The molecule has 0 heterocycles. The van der Waals surface area contributed by atoms with Crippen molar-refractivity contribution in [1.82, 2.24) is 0 Å². The van der Waals surface area contributed by atoms with E-state index in [2.05, 4.69) is 0 Å². The first-order chi connectivity index (χ1) is 8.68. The molecule has 1 aromatic rings. The summed E-state index contributed by atoms with van der Waals surface area (Å²) in [5.41, 5.74) is 0.517. The number of carbonyl (C=O) groups excluding carboxylic acids is 1. The van der Waals surface area contributed by atoms with Gasteiger partial charge in [-0.3, -0.25) is 4.79 Å². The van der Waals surface area contributed by atoms with Crippen LogP contribution in [0.5, 0.6) is 5.75 Å². The molecule has 0 unspecified atom stereocenters. The first-order valence-corrected chi connectivity index (χ1v) is 6.75. The maximum Gasteiger partial charge on any atom is 0.158 e. The molecule has 0 bridgehead atoms. The highest BCUT2D eigenvalue weighted by atomic mass is 35.5. The number of hydrogen-bond donors (Lipinski definition) is 1. The van der Waals surface area contributed by atoms with Gasteiger partial charge in [0.25, 0.3) is 0 Å². The number of rotatable bonds is 3. The van der Waals surface area contributed by atoms with Crippen molar-refractivity contribution in [3.05, 3.63) is 34.9 Å². The number of phenolic OH excluding ortho intramolecular Hbond substituents is 1. The Hall–Kier alpha value is -1.28. The molecule has 3 heteroatoms. The third-order valence-electron chi connectivity index (χ3n) is 3.45. The van der Waals surface area contributed by atoms with Gasteiger partial charge < -0.3 is 5.11 Å². The smallest absolute Gasteiger partial charge is 0.158 e. The van der Waals surface area contributed by atoms with Gasteiger partial charge >= 0.3 is 0 Å². The van der Waals surface area contributed by atoms with E-state index >= 15 is 0 Å². The van der Waals surface area contributed by atoms with Crippen molar-refractivity contribution in [2.45, 2.75) is 32.1 Å². The van der Waals surface area contributed by atoms with Crippen LogP contribution in [0.1, 0.15) is 37.7 Å². The van der Waals surface area contributed by atoms with Gasteiger partial charge in [0.15, 0.2) is 5.78 Å². The molecule has 0 radical (unpaired) electrons. The Morgan fingerprint density at radius 3 is 2.67 bits per heavy atom. The average Bonchev–Trinajstić information content (AvgIpc) is 2.39. The average molecular weight is 265 g/mol. The van der Waals surface area contributed by atoms with Crippen LogP contribution >= 0.6 is 11.6 Å². The number of carbonyl (C=O) groups is 1. The van der Waals surface area contributed by atoms with Gasteiger partial charge in [-0.05, 0) is 37.1 Å². The van der Waals surface area contributed by atoms with E-state index in [9.17, 15) is 9.90 Å². The molecule has 2 rings (SSSR count). The Bertz CT molecular complexity index is 439. The van der Waals surface area contributed by atoms with Crippen LogP contribution in [-0.2, 0) is 4.79 Å². The molecule has 1 aliphatic rings. The van der Waals surface area contributed by atoms with Crippen LogP contribution in [0, 0.1) is 5.92 Å². The monoisotopic (exact) mass is 264 g/mol. The minimum absolute atomic E-state index is 0.107. The molecule has 1 N–H and O–H groups in total. The van der Waals surface area contributed by atoms with Crippen LogP contribution in [-0.4, -0.2) is 10.9 Å². The Morgan fingerprint density at radius 1 is 1.28 bits per heavy atom. The molecule has 1 aromatic carbocycles. The first-order valence-electron chi connectivity index (χ1n) is 6.38. The van der Waals surface area contributed by atoms with E-state index in [1.807, 2.05) is 0 Å². The van der Waals surface area contributed by atoms with Gasteiger partial charge in [-0.25, -0.2) is 0 Å². The number of halogens is 1. The summed E-state index contributed by atoms with van der Waals surface area (Å²) >= 11 is 5.98. The normalized spacial score (nSPS) is 17.2. The summed E-state index contributed by atoms with van der Waals surface area (Å²) < 4.78 is 0. The molecule has 0 aromatic heterocycles. The minimum Gasteiger partial charge on any atom is -0.507 e. The molecule has 18 heavy (non-hydrogen) atoms. The quantitative estimate of drug-likeness (QED) is 0.831. The van der Waals surface area contributed by atoms with Crippen molar-refractivity contribution in [3.63, 3.8) is 0 Å². The molecule has 2 nitrogen and oxygen atoms in total. The van der Waals surface area contributed by atoms with Crippen molar-refractivity contribution >= 4 is 23.5 Å². The lowest BCUT2D eigenvalue weighted by Gasteiger charge is -2.18. The summed E-state index contributed by atoms with van der Waals surface area (Å²) in [5.74, 6) is 0.406. The standard InChI is InChI=1S/C15H17ClO2/c16-13-7-4-8-15(18)12(13)9-10-14(17)11-5-2-1-3-6-11/h4,7-11,18H,1-3,5-6H2/b10-9+. The van der Waals surface area contributed by atoms with Gasteiger partial charge in [0.2, 0.25) is 0 Å². The van der Waals surface area contributed by atoms with Crippen LogP contribution in [0.2, 0.25) is 5.02 Å². The van der Waals surface area contributed by atoms with Crippen molar-refractivity contribution in [2.75, 3.05) is 0 Å². The fourth-order valence-corrected chi connectivity index (χ4v) is 2.61. The van der Waals surface area contributed by atoms with Crippen molar-refractivity contribution in [3.8, 4) is 5.75 Å². The van der Waals surface area contributed by atoms with Gasteiger partial charge in [-0.15, -0.1) is 0 Å². The lowest BCUT2D eigenvalue weighted by atomic mass is 9.86. The number of aromatic hydroxyl groups is 1. The highest BCUT2D eigenvalue weighted by Gasteiger charge is 2.18. The summed E-state index contributed by atoms with van der Waals surface area (Å²) in [6.45, 7) is 0. The Kier molecular flexibility index (Phi) is 4.43. The Morgan fingerprint density at radius 2 is 2.00 bits per heavy atom. The van der Waals surface area contributed by atoms with Crippen LogP contribution in [0.3, 0.4) is 0 Å². The van der Waals surface area contributed by atoms with Crippen LogP contribution in [0.25, 0.3) is 6.08 Å². The summed E-state index contributed by atoms with van der Waals surface area (Å²) in [7, 11) is 0. The lowest BCUT2D eigenvalue weighted by molar-refractivity contribution is -0.119. The Balaban J connectivity index is 2.08. The van der Waals surface area contributed by atoms with Crippen LogP contribution in [0.4, 0.5) is 0 Å². The molecule has 1 fully saturated rings. The van der Waals surface area contributed by atoms with Crippen molar-refractivity contribution in [1.29, 1.82) is 0 Å². The molecule has 0 atom stereocenters. The molecule has 0 spiro atoms. The van der Waals surface area contributed by atoms with Gasteiger partial charge in [-0.1, -0.05) is 36.9 Å². The second-order valence-electron chi connectivity index (χ2n) is 4.74. The lowest BCUT2D eigenvalue weighted by Crippen LogP contribution is -2.15. The SMILES string of the molecule is O=C(/C=C/c1c(O)cccc1Cl)C1CCCCC1. The fourth-order valence-electron chi connectivity index (χ4n) is 2.38. The van der Waals surface area contributed by atoms with Crippen molar-refractivity contribution < 1.29 is 9.90 Å². The van der Waals surface area contributed by atoms with E-state index in [0.717, 1.165) is 25.7 Å². The molecular formula is C15H17ClO2. The zero-order chi connectivity index (χ0) is 13.0. The third kappa shape index (κ3) is 3.14. The highest BCUT2D eigenvalue weighted by Crippen LogP contribution is 2.28. The van der Waals surface area contributed by atoms with Gasteiger partial charge in [0, 0.05) is 11.5 Å². The number of benzene rings is 1. The maximum atomic E-state index is 12.0. The summed E-state index contributed by atoms with van der Waals surface area (Å²) in [6.07, 6.45) is 8.66. The largest absolute Gasteiger partial charge is 0.507 e. The van der Waals surface area contributed by atoms with Crippen LogP contribution < -0.4 is 0 Å². The van der Waals surface area contributed by atoms with E-state index in [1.54, 1.807) is 30.4 Å². The topological polar surface area (TPSA) is 37.3 Å². The summed E-state index contributed by atoms with van der Waals surface area (Å²) in [4.78, 5) is 12.0. The van der Waals surface area contributed by atoms with E-state index < -0.39 is 0 Å². The van der Waals surface area contributed by atoms with E-state index in [1.165, 1.54) is 6.42 Å². The predicted octanol–water partition coefficient (Wildman–Crippen LogP) is 4.21. The molecule has 0 saturated heterocycles.